The van der Waals surface area contributed by atoms with Crippen LogP contribution < -0.4 is 5.32 Å². The van der Waals surface area contributed by atoms with Crippen LogP contribution in [0.4, 0.5) is 5.82 Å². The summed E-state index contributed by atoms with van der Waals surface area (Å²) in [6, 6.07) is 13.6. The molecule has 3 heterocycles. The summed E-state index contributed by atoms with van der Waals surface area (Å²) >= 11 is 0. The molecule has 1 amide bonds. The molecule has 6 nitrogen and oxygen atoms in total. The molecule has 1 N–H and O–H groups in total. The number of aryl methyl sites for hydroxylation is 2. The highest BCUT2D eigenvalue weighted by Gasteiger charge is 2.19. The molecule has 1 aromatic carbocycles. The van der Waals surface area contributed by atoms with Crippen molar-refractivity contribution in [1.82, 2.24) is 14.3 Å². The maximum atomic E-state index is 12.8. The van der Waals surface area contributed by atoms with Gasteiger partial charge in [0.2, 0.25) is 0 Å². The van der Waals surface area contributed by atoms with Crippen LogP contribution in [0, 0.1) is 6.92 Å². The third-order valence-electron chi connectivity index (χ3n) is 4.30. The number of nitrogens with one attached hydrogen (secondary N) is 1. The Morgan fingerprint density at radius 3 is 2.84 bits per heavy atom. The van der Waals surface area contributed by atoms with Crippen LogP contribution in [0.15, 0.2) is 59.3 Å². The van der Waals surface area contributed by atoms with Gasteiger partial charge in [-0.2, -0.15) is 5.10 Å². The van der Waals surface area contributed by atoms with Crippen LogP contribution >= 0.6 is 0 Å². The van der Waals surface area contributed by atoms with E-state index in [9.17, 15) is 4.79 Å². The van der Waals surface area contributed by atoms with Crippen molar-refractivity contribution in [3.8, 4) is 0 Å². The van der Waals surface area contributed by atoms with Crippen LogP contribution in [0.5, 0.6) is 0 Å². The summed E-state index contributed by atoms with van der Waals surface area (Å²) in [5.41, 5.74) is 4.48. The van der Waals surface area contributed by atoms with E-state index < -0.39 is 0 Å². The van der Waals surface area contributed by atoms with Crippen molar-refractivity contribution in [2.75, 3.05) is 5.32 Å². The molecule has 0 aliphatic rings. The van der Waals surface area contributed by atoms with Crippen LogP contribution in [0.1, 0.15) is 21.6 Å². The van der Waals surface area contributed by atoms with Crippen molar-refractivity contribution < 1.29 is 9.21 Å². The number of fused-ring (bicyclic) bond motifs is 1. The molecule has 0 aliphatic carbocycles. The molecular formula is C19H18N4O2. The van der Waals surface area contributed by atoms with E-state index in [1.807, 2.05) is 29.8 Å². The van der Waals surface area contributed by atoms with E-state index in [1.165, 1.54) is 5.56 Å². The lowest BCUT2D eigenvalue weighted by atomic mass is 10.1. The summed E-state index contributed by atoms with van der Waals surface area (Å²) in [7, 11) is 1.81. The van der Waals surface area contributed by atoms with Crippen LogP contribution in [-0.4, -0.2) is 20.3 Å². The third kappa shape index (κ3) is 2.82. The fourth-order valence-corrected chi connectivity index (χ4v) is 2.96. The molecule has 0 aliphatic heterocycles. The first kappa shape index (κ1) is 15.3. The Kier molecular flexibility index (Phi) is 3.65. The molecule has 25 heavy (non-hydrogen) atoms. The zero-order valence-electron chi connectivity index (χ0n) is 14.1. The predicted molar refractivity (Wildman–Crippen MR) is 95.6 cm³/mol. The molecule has 0 radical (unpaired) electrons. The maximum absolute atomic E-state index is 12.8. The van der Waals surface area contributed by atoms with Crippen molar-refractivity contribution in [1.29, 1.82) is 0 Å². The molecule has 0 saturated heterocycles. The van der Waals surface area contributed by atoms with E-state index in [0.717, 1.165) is 11.1 Å². The van der Waals surface area contributed by atoms with E-state index >= 15 is 0 Å². The molecule has 4 rings (SSSR count). The number of rotatable bonds is 4. The Morgan fingerprint density at radius 1 is 1.24 bits per heavy atom. The summed E-state index contributed by atoms with van der Waals surface area (Å²) in [5.74, 6) is 0.312. The fraction of sp³-hybridized carbons (Fsp3) is 0.158. The Labute approximate surface area is 144 Å². The number of nitrogens with zero attached hydrogens (tertiary/aromatic N) is 3. The van der Waals surface area contributed by atoms with Crippen LogP contribution in [0.25, 0.3) is 11.1 Å². The lowest BCUT2D eigenvalue weighted by molar-refractivity contribution is 0.101. The minimum atomic E-state index is -0.210. The molecule has 4 aromatic rings. The SMILES string of the molecule is Cc1ccccc1Cn1c(C(=O)Nc2ccn(C)n2)cc2occc21. The van der Waals surface area contributed by atoms with Gasteiger partial charge in [0.25, 0.3) is 5.91 Å². The Morgan fingerprint density at radius 2 is 2.08 bits per heavy atom. The van der Waals surface area contributed by atoms with E-state index in [4.69, 9.17) is 4.42 Å². The van der Waals surface area contributed by atoms with Gasteiger partial charge in [-0.3, -0.25) is 9.48 Å². The van der Waals surface area contributed by atoms with Crippen LogP contribution in [-0.2, 0) is 13.6 Å². The van der Waals surface area contributed by atoms with Crippen molar-refractivity contribution in [2.45, 2.75) is 13.5 Å². The number of aromatic nitrogens is 3. The fourth-order valence-electron chi connectivity index (χ4n) is 2.96. The third-order valence-corrected chi connectivity index (χ3v) is 4.30. The van der Waals surface area contributed by atoms with E-state index in [2.05, 4.69) is 29.5 Å². The Bertz CT molecular complexity index is 1050. The Balaban J connectivity index is 1.72. The van der Waals surface area contributed by atoms with Crippen molar-refractivity contribution in [3.63, 3.8) is 0 Å². The largest absolute Gasteiger partial charge is 0.463 e. The van der Waals surface area contributed by atoms with E-state index in [-0.39, 0.29) is 5.91 Å². The van der Waals surface area contributed by atoms with Gasteiger partial charge in [0.15, 0.2) is 11.4 Å². The highest BCUT2D eigenvalue weighted by molar-refractivity contribution is 6.05. The van der Waals surface area contributed by atoms with Crippen molar-refractivity contribution in [3.05, 3.63) is 71.7 Å². The number of hydrogen-bond donors (Lipinski definition) is 1. The minimum Gasteiger partial charge on any atom is -0.463 e. The second kappa shape index (κ2) is 5.98. The molecule has 0 saturated carbocycles. The number of carbonyl (C=O) groups is 1. The molecule has 0 unspecified atom stereocenters. The topological polar surface area (TPSA) is 65.0 Å². The summed E-state index contributed by atoms with van der Waals surface area (Å²) in [4.78, 5) is 12.8. The van der Waals surface area contributed by atoms with Gasteiger partial charge >= 0.3 is 0 Å². The smallest absolute Gasteiger partial charge is 0.273 e. The number of carbonyl (C=O) groups excluding carboxylic acids is 1. The van der Waals surface area contributed by atoms with Crippen LogP contribution in [0.2, 0.25) is 0 Å². The zero-order valence-corrected chi connectivity index (χ0v) is 14.1. The van der Waals surface area contributed by atoms with Gasteiger partial charge < -0.3 is 14.3 Å². The van der Waals surface area contributed by atoms with Crippen LogP contribution in [0.3, 0.4) is 0 Å². The normalized spacial score (nSPS) is 11.1. The summed E-state index contributed by atoms with van der Waals surface area (Å²) in [6.07, 6.45) is 3.42. The van der Waals surface area contributed by atoms with E-state index in [0.29, 0.717) is 23.6 Å². The first-order chi connectivity index (χ1) is 12.1. The molecule has 0 spiro atoms. The van der Waals surface area contributed by atoms with Gasteiger partial charge in [0.1, 0.15) is 5.69 Å². The average Bonchev–Trinajstić information content (AvgIpc) is 3.27. The van der Waals surface area contributed by atoms with Crippen molar-refractivity contribution in [2.24, 2.45) is 7.05 Å². The minimum absolute atomic E-state index is 0.210. The van der Waals surface area contributed by atoms with Gasteiger partial charge in [-0.15, -0.1) is 0 Å². The molecule has 6 heteroatoms. The summed E-state index contributed by atoms with van der Waals surface area (Å²) in [6.45, 7) is 2.67. The highest BCUT2D eigenvalue weighted by Crippen LogP contribution is 2.24. The molecule has 0 fully saturated rings. The zero-order chi connectivity index (χ0) is 17.4. The number of amides is 1. The molecule has 0 bridgehead atoms. The lowest BCUT2D eigenvalue weighted by Gasteiger charge is -2.11. The number of anilines is 1. The molecule has 0 atom stereocenters. The summed E-state index contributed by atoms with van der Waals surface area (Å²) < 4.78 is 9.11. The number of hydrogen-bond acceptors (Lipinski definition) is 3. The predicted octanol–water partition coefficient (Wildman–Crippen LogP) is 3.58. The number of benzene rings is 1. The highest BCUT2D eigenvalue weighted by atomic mass is 16.3. The second-order valence-corrected chi connectivity index (χ2v) is 6.04. The molecule has 126 valence electrons. The summed E-state index contributed by atoms with van der Waals surface area (Å²) in [5, 5.41) is 7.03. The quantitative estimate of drug-likeness (QED) is 0.620. The van der Waals surface area contributed by atoms with Gasteiger partial charge in [0.05, 0.1) is 11.8 Å². The second-order valence-electron chi connectivity index (χ2n) is 6.04. The standard InChI is InChI=1S/C19H18N4O2/c1-13-5-3-4-6-14(13)12-23-15-8-10-25-17(15)11-16(23)19(24)20-18-7-9-22(2)21-18/h3-11H,12H2,1-2H3,(H,20,21,24). The molecular weight excluding hydrogens is 316 g/mol. The number of furan rings is 1. The Hall–Kier alpha value is -3.28. The monoisotopic (exact) mass is 334 g/mol. The van der Waals surface area contributed by atoms with Gasteiger partial charge in [0, 0.05) is 38.0 Å². The van der Waals surface area contributed by atoms with Gasteiger partial charge in [-0.05, 0) is 18.1 Å². The molecule has 3 aromatic heterocycles. The first-order valence-electron chi connectivity index (χ1n) is 8.04. The average molecular weight is 334 g/mol. The van der Waals surface area contributed by atoms with Gasteiger partial charge in [-0.1, -0.05) is 24.3 Å². The van der Waals surface area contributed by atoms with Gasteiger partial charge in [-0.25, -0.2) is 0 Å². The van der Waals surface area contributed by atoms with E-state index in [1.54, 1.807) is 29.3 Å². The first-order valence-corrected chi connectivity index (χ1v) is 8.04. The van der Waals surface area contributed by atoms with Crippen molar-refractivity contribution >= 4 is 22.8 Å². The maximum Gasteiger partial charge on any atom is 0.273 e. The lowest BCUT2D eigenvalue weighted by Crippen LogP contribution is -2.18.